The summed E-state index contributed by atoms with van der Waals surface area (Å²) < 4.78 is 37.6. The maximum atomic E-state index is 14.6. The van der Waals surface area contributed by atoms with Crippen molar-refractivity contribution in [3.63, 3.8) is 0 Å². The lowest BCUT2D eigenvalue weighted by atomic mass is 9.79. The summed E-state index contributed by atoms with van der Waals surface area (Å²) in [7, 11) is 0. The third kappa shape index (κ3) is 2.49. The van der Waals surface area contributed by atoms with E-state index in [1.54, 1.807) is 16.9 Å². The zero-order chi connectivity index (χ0) is 16.9. The molecule has 1 aliphatic heterocycles. The van der Waals surface area contributed by atoms with Crippen molar-refractivity contribution in [1.82, 2.24) is 9.78 Å². The molecule has 0 amide bonds. The first-order chi connectivity index (χ1) is 11.5. The van der Waals surface area contributed by atoms with E-state index >= 15 is 0 Å². The number of aromatic nitrogens is 2. The van der Waals surface area contributed by atoms with Crippen LogP contribution in [0.5, 0.6) is 0 Å². The number of fused-ring (bicyclic) bond motifs is 2. The maximum absolute atomic E-state index is 14.6. The molecule has 1 aliphatic carbocycles. The van der Waals surface area contributed by atoms with Gasteiger partial charge in [-0.1, -0.05) is 6.92 Å². The second-order valence-electron chi connectivity index (χ2n) is 6.84. The van der Waals surface area contributed by atoms with Crippen LogP contribution in [0.3, 0.4) is 0 Å². The third-order valence-electron chi connectivity index (χ3n) is 5.41. The molecule has 2 aromatic rings. The smallest absolute Gasteiger partial charge is 0.273 e. The number of alkyl halides is 2. The van der Waals surface area contributed by atoms with E-state index in [9.17, 15) is 8.78 Å². The molecule has 2 aliphatic rings. The van der Waals surface area contributed by atoms with Crippen LogP contribution in [0.4, 0.5) is 8.78 Å². The monoisotopic (exact) mass is 398 g/mol. The van der Waals surface area contributed by atoms with Crippen LogP contribution >= 0.6 is 15.9 Å². The fraction of sp³-hybridized carbons (Fsp3) is 0.611. The molecular weight excluding hydrogens is 378 g/mol. The van der Waals surface area contributed by atoms with Crippen LogP contribution in [0.2, 0.25) is 0 Å². The molecule has 6 heteroatoms. The molecular formula is C18H21BrF2N2O. The molecule has 0 N–H and O–H groups in total. The molecule has 1 saturated heterocycles. The Kier molecular flexibility index (Phi) is 4.15. The van der Waals surface area contributed by atoms with Gasteiger partial charge in [-0.05, 0) is 65.6 Å². The molecule has 4 rings (SSSR count). The van der Waals surface area contributed by atoms with Gasteiger partial charge in [0.05, 0.1) is 11.7 Å². The van der Waals surface area contributed by atoms with Crippen molar-refractivity contribution in [2.45, 2.75) is 63.5 Å². The van der Waals surface area contributed by atoms with Crippen LogP contribution < -0.4 is 0 Å². The van der Waals surface area contributed by atoms with Gasteiger partial charge >= 0.3 is 0 Å². The average Bonchev–Trinajstić information content (AvgIpc) is 3.01. The van der Waals surface area contributed by atoms with Gasteiger partial charge in [0.2, 0.25) is 0 Å². The molecule has 0 radical (unpaired) electrons. The summed E-state index contributed by atoms with van der Waals surface area (Å²) in [5.41, 5.74) is 1.67. The van der Waals surface area contributed by atoms with Crippen molar-refractivity contribution < 1.29 is 13.5 Å². The summed E-state index contributed by atoms with van der Waals surface area (Å²) in [5.74, 6) is -2.60. The zero-order valence-electron chi connectivity index (χ0n) is 13.7. The lowest BCUT2D eigenvalue weighted by molar-refractivity contribution is -0.0371. The van der Waals surface area contributed by atoms with E-state index in [-0.39, 0.29) is 24.1 Å². The Morgan fingerprint density at radius 3 is 2.92 bits per heavy atom. The van der Waals surface area contributed by atoms with E-state index in [0.717, 1.165) is 46.6 Å². The topological polar surface area (TPSA) is 27.1 Å². The van der Waals surface area contributed by atoms with Crippen molar-refractivity contribution >= 4 is 26.8 Å². The number of nitrogens with zero attached hydrogens (tertiary/aromatic N) is 2. The van der Waals surface area contributed by atoms with Gasteiger partial charge in [0.15, 0.2) is 6.23 Å². The Hall–Kier alpha value is -1.01. The van der Waals surface area contributed by atoms with Crippen LogP contribution in [-0.2, 0) is 10.7 Å². The van der Waals surface area contributed by atoms with Crippen LogP contribution in [0.15, 0.2) is 16.7 Å². The molecule has 3 nitrogen and oxygen atoms in total. The van der Waals surface area contributed by atoms with Crippen LogP contribution in [0.1, 0.15) is 68.7 Å². The van der Waals surface area contributed by atoms with E-state index in [1.165, 1.54) is 0 Å². The predicted octanol–water partition coefficient (Wildman–Crippen LogP) is 5.88. The van der Waals surface area contributed by atoms with Gasteiger partial charge in [0.1, 0.15) is 0 Å². The Morgan fingerprint density at radius 2 is 2.21 bits per heavy atom. The number of halogens is 3. The molecule has 1 aromatic heterocycles. The van der Waals surface area contributed by atoms with E-state index < -0.39 is 5.92 Å². The van der Waals surface area contributed by atoms with Crippen LogP contribution in [-0.4, -0.2) is 16.4 Å². The highest BCUT2D eigenvalue weighted by Gasteiger charge is 2.42. The normalized spacial score (nSPS) is 26.5. The largest absolute Gasteiger partial charge is 0.356 e. The van der Waals surface area contributed by atoms with Gasteiger partial charge in [0.25, 0.3) is 5.92 Å². The Morgan fingerprint density at radius 1 is 1.38 bits per heavy atom. The fourth-order valence-corrected chi connectivity index (χ4v) is 4.90. The van der Waals surface area contributed by atoms with E-state index in [0.29, 0.717) is 13.0 Å². The second kappa shape index (κ2) is 6.06. The number of ether oxygens (including phenoxy) is 1. The Balaban J connectivity index is 1.91. The van der Waals surface area contributed by atoms with Crippen LogP contribution in [0.25, 0.3) is 10.9 Å². The highest BCUT2D eigenvalue weighted by atomic mass is 79.9. The van der Waals surface area contributed by atoms with Crippen molar-refractivity contribution in [3.05, 3.63) is 27.9 Å². The Bertz CT molecular complexity index is 768. The minimum absolute atomic E-state index is 0.0789. The van der Waals surface area contributed by atoms with Gasteiger partial charge < -0.3 is 4.74 Å². The summed E-state index contributed by atoms with van der Waals surface area (Å²) in [6.45, 7) is 2.76. The molecule has 24 heavy (non-hydrogen) atoms. The van der Waals surface area contributed by atoms with Crippen LogP contribution in [0, 0.1) is 0 Å². The number of hydrogen-bond acceptors (Lipinski definition) is 2. The number of benzene rings is 1. The quantitative estimate of drug-likeness (QED) is 0.631. The van der Waals surface area contributed by atoms with E-state index in [2.05, 4.69) is 28.0 Å². The first-order valence-electron chi connectivity index (χ1n) is 8.72. The van der Waals surface area contributed by atoms with Gasteiger partial charge in [-0.2, -0.15) is 5.10 Å². The standard InChI is InChI=1S/C18H21BrF2N2O/c1-2-11-6-7-18(20,21)13-9-14-12(17(19)16(11)13)10-22-23(14)15-5-3-4-8-24-15/h9-11,15H,2-8H2,1H3/t11-,15?/m1/s1. The first-order valence-corrected chi connectivity index (χ1v) is 9.51. The minimum atomic E-state index is -2.78. The number of hydrogen-bond donors (Lipinski definition) is 0. The molecule has 0 spiro atoms. The summed E-state index contributed by atoms with van der Waals surface area (Å²) >= 11 is 3.61. The third-order valence-corrected chi connectivity index (χ3v) is 6.26. The van der Waals surface area contributed by atoms with Gasteiger partial charge in [-0.3, -0.25) is 0 Å². The van der Waals surface area contributed by atoms with Gasteiger partial charge in [0, 0.05) is 28.5 Å². The van der Waals surface area contributed by atoms with Gasteiger partial charge in [-0.25, -0.2) is 13.5 Å². The minimum Gasteiger partial charge on any atom is -0.356 e. The van der Waals surface area contributed by atoms with E-state index in [1.807, 2.05) is 0 Å². The predicted molar refractivity (Wildman–Crippen MR) is 92.4 cm³/mol. The molecule has 0 saturated carbocycles. The lowest BCUT2D eigenvalue weighted by Gasteiger charge is -2.32. The first kappa shape index (κ1) is 16.5. The maximum Gasteiger partial charge on any atom is 0.273 e. The average molecular weight is 399 g/mol. The fourth-order valence-electron chi connectivity index (χ4n) is 4.05. The highest BCUT2D eigenvalue weighted by molar-refractivity contribution is 9.10. The molecule has 1 aromatic carbocycles. The summed E-state index contributed by atoms with van der Waals surface area (Å²) in [4.78, 5) is 0. The molecule has 1 unspecified atom stereocenters. The molecule has 1 fully saturated rings. The van der Waals surface area contributed by atoms with Gasteiger partial charge in [-0.15, -0.1) is 0 Å². The second-order valence-corrected chi connectivity index (χ2v) is 7.64. The molecule has 0 bridgehead atoms. The van der Waals surface area contributed by atoms with Crippen molar-refractivity contribution in [2.24, 2.45) is 0 Å². The summed E-state index contributed by atoms with van der Waals surface area (Å²) in [6, 6.07) is 1.65. The number of rotatable bonds is 2. The lowest BCUT2D eigenvalue weighted by Crippen LogP contribution is -2.25. The molecule has 2 atom stereocenters. The van der Waals surface area contributed by atoms with Crippen molar-refractivity contribution in [3.8, 4) is 0 Å². The summed E-state index contributed by atoms with van der Waals surface area (Å²) in [6.07, 6.45) is 5.94. The zero-order valence-corrected chi connectivity index (χ0v) is 15.3. The summed E-state index contributed by atoms with van der Waals surface area (Å²) in [5, 5.41) is 5.37. The molecule has 2 heterocycles. The molecule has 130 valence electrons. The Labute approximate surface area is 148 Å². The van der Waals surface area contributed by atoms with Crippen molar-refractivity contribution in [1.29, 1.82) is 0 Å². The van der Waals surface area contributed by atoms with Crippen molar-refractivity contribution in [2.75, 3.05) is 6.61 Å². The highest BCUT2D eigenvalue weighted by Crippen LogP contribution is 2.50. The van der Waals surface area contributed by atoms with E-state index in [4.69, 9.17) is 4.74 Å². The SMILES string of the molecule is CC[C@@H]1CCC(F)(F)c2cc3c(cnn3C3CCCCO3)c(Br)c21.